The van der Waals surface area contributed by atoms with Gasteiger partial charge >= 0.3 is 5.97 Å². The van der Waals surface area contributed by atoms with Gasteiger partial charge in [0, 0.05) is 19.1 Å². The molecule has 0 bridgehead atoms. The third kappa shape index (κ3) is 5.41. The Morgan fingerprint density at radius 2 is 1.95 bits per heavy atom. The minimum Gasteiger partial charge on any atom is -0.480 e. The molecule has 1 aromatic rings. The first-order valence-electron chi connectivity index (χ1n) is 5.92. The normalized spacial score (nSPS) is 10.0. The molecule has 7 nitrogen and oxygen atoms in total. The molecule has 0 aliphatic carbocycles. The fourth-order valence-corrected chi connectivity index (χ4v) is 1.64. The van der Waals surface area contributed by atoms with Crippen molar-refractivity contribution in [2.75, 3.05) is 32.6 Å². The van der Waals surface area contributed by atoms with E-state index in [0.717, 1.165) is 0 Å². The molecule has 21 heavy (non-hydrogen) atoms. The smallest absolute Gasteiger partial charge is 0.329 e. The lowest BCUT2D eigenvalue weighted by Crippen LogP contribution is -2.25. The maximum absolute atomic E-state index is 12.0. The third-order valence-corrected chi connectivity index (χ3v) is 2.59. The van der Waals surface area contributed by atoms with Gasteiger partial charge in [-0.3, -0.25) is 9.59 Å². The van der Waals surface area contributed by atoms with Crippen LogP contribution in [-0.4, -0.2) is 55.1 Å². The number of nitrogens with one attached hydrogen (secondary N) is 1. The summed E-state index contributed by atoms with van der Waals surface area (Å²) in [6.07, 6.45) is 0. The number of rotatable bonds is 6. The van der Waals surface area contributed by atoms with Crippen LogP contribution in [0.3, 0.4) is 0 Å². The third-order valence-electron chi connectivity index (χ3n) is 2.35. The van der Waals surface area contributed by atoms with E-state index < -0.39 is 25.1 Å². The van der Waals surface area contributed by atoms with Crippen molar-refractivity contribution in [2.45, 2.75) is 0 Å². The highest BCUT2D eigenvalue weighted by molar-refractivity contribution is 6.31. The van der Waals surface area contributed by atoms with Crippen molar-refractivity contribution in [1.29, 1.82) is 0 Å². The molecular formula is C13H15ClN2O5. The number of anilines is 1. The molecule has 0 fully saturated rings. The second kappa shape index (κ2) is 7.61. The summed E-state index contributed by atoms with van der Waals surface area (Å²) < 4.78 is 4.67. The Bertz CT molecular complexity index is 559. The molecule has 0 saturated carbocycles. The van der Waals surface area contributed by atoms with Gasteiger partial charge in [-0.2, -0.15) is 0 Å². The van der Waals surface area contributed by atoms with E-state index in [2.05, 4.69) is 10.1 Å². The van der Waals surface area contributed by atoms with Crippen LogP contribution in [0.25, 0.3) is 0 Å². The lowest BCUT2D eigenvalue weighted by atomic mass is 10.1. The molecule has 114 valence electrons. The van der Waals surface area contributed by atoms with Gasteiger partial charge in [0.2, 0.25) is 5.91 Å². The summed E-state index contributed by atoms with van der Waals surface area (Å²) in [5.74, 6) is -2.05. The number of ether oxygens (including phenoxy) is 1. The Balaban J connectivity index is 2.81. The van der Waals surface area contributed by atoms with Crippen LogP contribution in [0.5, 0.6) is 0 Å². The molecule has 0 atom stereocenters. The van der Waals surface area contributed by atoms with Gasteiger partial charge in [0.25, 0.3) is 5.91 Å². The van der Waals surface area contributed by atoms with Gasteiger partial charge in [-0.05, 0) is 18.2 Å². The maximum atomic E-state index is 12.0. The summed E-state index contributed by atoms with van der Waals surface area (Å²) in [6.45, 7) is -1.01. The summed E-state index contributed by atoms with van der Waals surface area (Å²) in [7, 11) is 3.16. The van der Waals surface area contributed by atoms with Crippen LogP contribution in [0.1, 0.15) is 10.4 Å². The number of hydrogen-bond acceptors (Lipinski definition) is 4. The number of carbonyl (C=O) groups excluding carboxylic acids is 2. The van der Waals surface area contributed by atoms with Crippen LogP contribution in [0.15, 0.2) is 18.2 Å². The minimum atomic E-state index is -1.17. The predicted octanol–water partition coefficient (Wildman–Crippen LogP) is 1.08. The van der Waals surface area contributed by atoms with Gasteiger partial charge in [-0.15, -0.1) is 0 Å². The summed E-state index contributed by atoms with van der Waals surface area (Å²) in [4.78, 5) is 35.3. The number of aliphatic carboxylic acids is 1. The van der Waals surface area contributed by atoms with Crippen LogP contribution in [-0.2, 0) is 14.3 Å². The zero-order chi connectivity index (χ0) is 16.0. The van der Waals surface area contributed by atoms with Crippen molar-refractivity contribution < 1.29 is 24.2 Å². The fraction of sp³-hybridized carbons (Fsp3) is 0.308. The van der Waals surface area contributed by atoms with Crippen molar-refractivity contribution in [1.82, 2.24) is 4.90 Å². The number of nitrogens with zero attached hydrogens (tertiary/aromatic N) is 1. The van der Waals surface area contributed by atoms with Crippen LogP contribution < -0.4 is 5.32 Å². The molecule has 0 spiro atoms. The van der Waals surface area contributed by atoms with Gasteiger partial charge in [-0.1, -0.05) is 11.6 Å². The average molecular weight is 315 g/mol. The number of carboxylic acids is 1. The van der Waals surface area contributed by atoms with E-state index >= 15 is 0 Å². The Hall–Kier alpha value is -2.12. The summed E-state index contributed by atoms with van der Waals surface area (Å²) >= 11 is 5.85. The number of carboxylic acid groups (broad SMARTS) is 1. The summed E-state index contributed by atoms with van der Waals surface area (Å²) in [6, 6.07) is 4.47. The van der Waals surface area contributed by atoms with E-state index in [9.17, 15) is 14.4 Å². The van der Waals surface area contributed by atoms with Crippen molar-refractivity contribution in [3.8, 4) is 0 Å². The number of halogens is 1. The topological polar surface area (TPSA) is 95.9 Å². The van der Waals surface area contributed by atoms with E-state index in [1.54, 1.807) is 14.1 Å². The number of carbonyl (C=O) groups is 3. The van der Waals surface area contributed by atoms with Crippen molar-refractivity contribution in [3.05, 3.63) is 28.8 Å². The zero-order valence-electron chi connectivity index (χ0n) is 11.6. The predicted molar refractivity (Wildman–Crippen MR) is 76.6 cm³/mol. The van der Waals surface area contributed by atoms with E-state index in [1.807, 2.05) is 0 Å². The second-order valence-electron chi connectivity index (χ2n) is 4.32. The first-order valence-corrected chi connectivity index (χ1v) is 6.29. The maximum Gasteiger partial charge on any atom is 0.329 e. The molecule has 0 saturated heterocycles. The molecule has 1 rings (SSSR count). The SMILES string of the molecule is CN(C)C(=O)c1ccc(Cl)cc1NC(=O)COCC(=O)O. The highest BCUT2D eigenvalue weighted by Crippen LogP contribution is 2.22. The summed E-state index contributed by atoms with van der Waals surface area (Å²) in [5.41, 5.74) is 0.515. The lowest BCUT2D eigenvalue weighted by Gasteiger charge is -2.15. The second-order valence-corrected chi connectivity index (χ2v) is 4.76. The van der Waals surface area contributed by atoms with Gasteiger partial charge in [0.15, 0.2) is 0 Å². The molecule has 0 aromatic heterocycles. The molecule has 2 N–H and O–H groups in total. The van der Waals surface area contributed by atoms with Gasteiger partial charge in [0.05, 0.1) is 11.3 Å². The molecule has 0 aliphatic heterocycles. The largest absolute Gasteiger partial charge is 0.480 e. The van der Waals surface area contributed by atoms with Crippen LogP contribution >= 0.6 is 11.6 Å². The van der Waals surface area contributed by atoms with E-state index in [1.165, 1.54) is 23.1 Å². The van der Waals surface area contributed by atoms with Crippen molar-refractivity contribution in [2.24, 2.45) is 0 Å². The average Bonchev–Trinajstić information content (AvgIpc) is 2.37. The zero-order valence-corrected chi connectivity index (χ0v) is 12.3. The number of benzene rings is 1. The Kier molecular flexibility index (Phi) is 6.13. The quantitative estimate of drug-likeness (QED) is 0.819. The van der Waals surface area contributed by atoms with Crippen LogP contribution in [0.2, 0.25) is 5.02 Å². The van der Waals surface area contributed by atoms with Gasteiger partial charge in [0.1, 0.15) is 13.2 Å². The molecule has 8 heteroatoms. The van der Waals surface area contributed by atoms with E-state index in [4.69, 9.17) is 16.7 Å². The number of amides is 2. The standard InChI is InChI=1S/C13H15ClN2O5/c1-16(2)13(20)9-4-3-8(14)5-10(9)15-11(17)6-21-7-12(18)19/h3-5H,6-7H2,1-2H3,(H,15,17)(H,18,19). The highest BCUT2D eigenvalue weighted by Gasteiger charge is 2.15. The Labute approximate surface area is 126 Å². The van der Waals surface area contributed by atoms with Crippen molar-refractivity contribution in [3.63, 3.8) is 0 Å². The molecular weight excluding hydrogens is 300 g/mol. The molecule has 0 radical (unpaired) electrons. The Morgan fingerprint density at radius 3 is 2.52 bits per heavy atom. The molecule has 1 aromatic carbocycles. The van der Waals surface area contributed by atoms with E-state index in [-0.39, 0.29) is 17.2 Å². The molecule has 2 amide bonds. The summed E-state index contributed by atoms with van der Waals surface area (Å²) in [5, 5.41) is 11.2. The first kappa shape index (κ1) is 16.9. The first-order chi connectivity index (χ1) is 9.81. The Morgan fingerprint density at radius 1 is 1.29 bits per heavy atom. The molecule has 0 aliphatic rings. The fourth-order valence-electron chi connectivity index (χ4n) is 1.46. The number of hydrogen-bond donors (Lipinski definition) is 2. The molecule has 0 unspecified atom stereocenters. The lowest BCUT2D eigenvalue weighted by molar-refractivity contribution is -0.143. The molecule has 0 heterocycles. The van der Waals surface area contributed by atoms with E-state index in [0.29, 0.717) is 5.02 Å². The monoisotopic (exact) mass is 314 g/mol. The van der Waals surface area contributed by atoms with Gasteiger partial charge in [-0.25, -0.2) is 4.79 Å². The minimum absolute atomic E-state index is 0.241. The highest BCUT2D eigenvalue weighted by atomic mass is 35.5. The van der Waals surface area contributed by atoms with Crippen molar-refractivity contribution >= 4 is 35.1 Å². The van der Waals surface area contributed by atoms with Crippen LogP contribution in [0, 0.1) is 0 Å². The van der Waals surface area contributed by atoms with Gasteiger partial charge < -0.3 is 20.1 Å². The van der Waals surface area contributed by atoms with Crippen LogP contribution in [0.4, 0.5) is 5.69 Å².